The molecule has 0 aliphatic carbocycles. The molecule has 0 radical (unpaired) electrons. The summed E-state index contributed by atoms with van der Waals surface area (Å²) in [5.74, 6) is 0. The zero-order valence-electron chi connectivity index (χ0n) is 9.68. The number of hydrogen-bond acceptors (Lipinski definition) is 3. The minimum absolute atomic E-state index is 0.764. The zero-order valence-corrected chi connectivity index (χ0v) is 9.68. The zero-order chi connectivity index (χ0) is 10.2. The van der Waals surface area contributed by atoms with Crippen LogP contribution in [0.3, 0.4) is 0 Å². The van der Waals surface area contributed by atoms with E-state index in [1.807, 2.05) is 0 Å². The minimum atomic E-state index is 0.764. The summed E-state index contributed by atoms with van der Waals surface area (Å²) in [5.41, 5.74) is 0. The lowest BCUT2D eigenvalue weighted by Gasteiger charge is -2.31. The van der Waals surface area contributed by atoms with Gasteiger partial charge in [0.2, 0.25) is 0 Å². The molecule has 0 aromatic carbocycles. The normalized spacial score (nSPS) is 20.1. The molecule has 1 aliphatic rings. The SMILES string of the molecule is CCNCCCN1CCC(NC)CC1. The Hall–Kier alpha value is -0.120. The van der Waals surface area contributed by atoms with Gasteiger partial charge in [0.05, 0.1) is 0 Å². The highest BCUT2D eigenvalue weighted by Gasteiger charge is 2.16. The van der Waals surface area contributed by atoms with Gasteiger partial charge in [0.15, 0.2) is 0 Å². The van der Waals surface area contributed by atoms with Crippen molar-refractivity contribution >= 4 is 0 Å². The maximum Gasteiger partial charge on any atom is 0.00884 e. The lowest BCUT2D eigenvalue weighted by Crippen LogP contribution is -2.41. The van der Waals surface area contributed by atoms with Crippen molar-refractivity contribution in [3.05, 3.63) is 0 Å². The molecule has 0 aromatic rings. The van der Waals surface area contributed by atoms with Crippen LogP contribution in [-0.2, 0) is 0 Å². The Balaban J connectivity index is 1.98. The van der Waals surface area contributed by atoms with Crippen molar-refractivity contribution in [1.29, 1.82) is 0 Å². The van der Waals surface area contributed by atoms with E-state index in [0.29, 0.717) is 0 Å². The van der Waals surface area contributed by atoms with Crippen molar-refractivity contribution in [3.8, 4) is 0 Å². The van der Waals surface area contributed by atoms with Crippen LogP contribution in [0.5, 0.6) is 0 Å². The Labute approximate surface area is 88.2 Å². The smallest absolute Gasteiger partial charge is 0.00884 e. The van der Waals surface area contributed by atoms with E-state index in [-0.39, 0.29) is 0 Å². The molecule has 3 nitrogen and oxygen atoms in total. The van der Waals surface area contributed by atoms with Crippen molar-refractivity contribution in [3.63, 3.8) is 0 Å². The summed E-state index contributed by atoms with van der Waals surface area (Å²) in [7, 11) is 2.07. The number of nitrogens with one attached hydrogen (secondary N) is 2. The van der Waals surface area contributed by atoms with Crippen molar-refractivity contribution in [2.75, 3.05) is 39.8 Å². The van der Waals surface area contributed by atoms with E-state index in [4.69, 9.17) is 0 Å². The maximum atomic E-state index is 3.37. The molecule has 0 bridgehead atoms. The summed E-state index contributed by atoms with van der Waals surface area (Å²) in [6, 6.07) is 0.764. The average molecular weight is 199 g/mol. The van der Waals surface area contributed by atoms with Crippen LogP contribution in [-0.4, -0.2) is 50.7 Å². The number of rotatable bonds is 6. The van der Waals surface area contributed by atoms with Crippen molar-refractivity contribution in [1.82, 2.24) is 15.5 Å². The summed E-state index contributed by atoms with van der Waals surface area (Å²) in [4.78, 5) is 2.59. The van der Waals surface area contributed by atoms with Gasteiger partial charge in [-0.15, -0.1) is 0 Å². The Kier molecular flexibility index (Phi) is 6.15. The second-order valence-corrected chi connectivity index (χ2v) is 4.11. The first kappa shape index (κ1) is 12.0. The quantitative estimate of drug-likeness (QED) is 0.616. The number of piperidine rings is 1. The summed E-state index contributed by atoms with van der Waals surface area (Å²) >= 11 is 0. The molecule has 0 saturated carbocycles. The highest BCUT2D eigenvalue weighted by molar-refractivity contribution is 4.75. The third-order valence-electron chi connectivity index (χ3n) is 3.07. The van der Waals surface area contributed by atoms with Crippen molar-refractivity contribution in [2.45, 2.75) is 32.2 Å². The van der Waals surface area contributed by atoms with Gasteiger partial charge in [0.1, 0.15) is 0 Å². The van der Waals surface area contributed by atoms with Gasteiger partial charge in [0, 0.05) is 6.04 Å². The van der Waals surface area contributed by atoms with Crippen molar-refractivity contribution < 1.29 is 0 Å². The molecule has 1 heterocycles. The van der Waals surface area contributed by atoms with Gasteiger partial charge in [0.25, 0.3) is 0 Å². The molecule has 1 fully saturated rings. The summed E-state index contributed by atoms with van der Waals surface area (Å²) in [6.45, 7) is 8.25. The molecule has 3 heteroatoms. The first-order chi connectivity index (χ1) is 6.86. The Morgan fingerprint density at radius 3 is 2.57 bits per heavy atom. The summed E-state index contributed by atoms with van der Waals surface area (Å²) in [5, 5.41) is 6.73. The Morgan fingerprint density at radius 1 is 1.29 bits per heavy atom. The molecule has 1 saturated heterocycles. The molecule has 1 rings (SSSR count). The predicted molar refractivity (Wildman–Crippen MR) is 61.7 cm³/mol. The Bertz CT molecular complexity index is 130. The molecule has 0 spiro atoms. The minimum Gasteiger partial charge on any atom is -0.317 e. The third kappa shape index (κ3) is 4.40. The maximum absolute atomic E-state index is 3.37. The summed E-state index contributed by atoms with van der Waals surface area (Å²) in [6.07, 6.45) is 3.92. The molecule has 0 unspecified atom stereocenters. The number of likely N-dealkylation sites (tertiary alicyclic amines) is 1. The van der Waals surface area contributed by atoms with Gasteiger partial charge in [-0.2, -0.15) is 0 Å². The fourth-order valence-corrected chi connectivity index (χ4v) is 2.05. The molecular weight excluding hydrogens is 174 g/mol. The van der Waals surface area contributed by atoms with Crippen LogP contribution in [0.2, 0.25) is 0 Å². The molecule has 14 heavy (non-hydrogen) atoms. The molecule has 1 aliphatic heterocycles. The predicted octanol–water partition coefficient (Wildman–Crippen LogP) is 0.670. The first-order valence-electron chi connectivity index (χ1n) is 5.97. The van der Waals surface area contributed by atoms with Crippen LogP contribution in [0, 0.1) is 0 Å². The molecular formula is C11H25N3. The largest absolute Gasteiger partial charge is 0.317 e. The van der Waals surface area contributed by atoms with Gasteiger partial charge < -0.3 is 15.5 Å². The van der Waals surface area contributed by atoms with E-state index < -0.39 is 0 Å². The lowest BCUT2D eigenvalue weighted by atomic mass is 10.1. The molecule has 84 valence electrons. The highest BCUT2D eigenvalue weighted by atomic mass is 15.1. The second kappa shape index (κ2) is 7.21. The second-order valence-electron chi connectivity index (χ2n) is 4.11. The van der Waals surface area contributed by atoms with E-state index in [9.17, 15) is 0 Å². The van der Waals surface area contributed by atoms with Crippen LogP contribution in [0.15, 0.2) is 0 Å². The molecule has 0 amide bonds. The molecule has 2 N–H and O–H groups in total. The fraction of sp³-hybridized carbons (Fsp3) is 1.00. The van der Waals surface area contributed by atoms with Crippen LogP contribution in [0.25, 0.3) is 0 Å². The topological polar surface area (TPSA) is 27.3 Å². The van der Waals surface area contributed by atoms with Crippen LogP contribution in [0.4, 0.5) is 0 Å². The van der Waals surface area contributed by atoms with E-state index in [0.717, 1.165) is 12.6 Å². The molecule has 0 atom stereocenters. The van der Waals surface area contributed by atoms with Crippen molar-refractivity contribution in [2.24, 2.45) is 0 Å². The van der Waals surface area contributed by atoms with Gasteiger partial charge >= 0.3 is 0 Å². The van der Waals surface area contributed by atoms with E-state index in [1.165, 1.54) is 45.4 Å². The average Bonchev–Trinajstić information content (AvgIpc) is 2.25. The van der Waals surface area contributed by atoms with Gasteiger partial charge in [-0.3, -0.25) is 0 Å². The van der Waals surface area contributed by atoms with Crippen LogP contribution in [0.1, 0.15) is 26.2 Å². The number of hydrogen-bond donors (Lipinski definition) is 2. The Morgan fingerprint density at radius 2 is 2.00 bits per heavy atom. The van der Waals surface area contributed by atoms with Crippen LogP contribution >= 0.6 is 0 Å². The standard InChI is InChI=1S/C11H25N3/c1-3-13-7-4-8-14-9-5-11(12-2)6-10-14/h11-13H,3-10H2,1-2H3. The lowest BCUT2D eigenvalue weighted by molar-refractivity contribution is 0.199. The van der Waals surface area contributed by atoms with E-state index in [1.54, 1.807) is 0 Å². The highest BCUT2D eigenvalue weighted by Crippen LogP contribution is 2.09. The van der Waals surface area contributed by atoms with E-state index >= 15 is 0 Å². The number of nitrogens with zero attached hydrogens (tertiary/aromatic N) is 1. The monoisotopic (exact) mass is 199 g/mol. The first-order valence-corrected chi connectivity index (χ1v) is 5.97. The van der Waals surface area contributed by atoms with Gasteiger partial charge in [-0.1, -0.05) is 6.92 Å². The summed E-state index contributed by atoms with van der Waals surface area (Å²) < 4.78 is 0. The molecule has 0 aromatic heterocycles. The fourth-order valence-electron chi connectivity index (χ4n) is 2.05. The van der Waals surface area contributed by atoms with Gasteiger partial charge in [-0.25, -0.2) is 0 Å². The van der Waals surface area contributed by atoms with E-state index in [2.05, 4.69) is 29.5 Å². The van der Waals surface area contributed by atoms with Crippen LogP contribution < -0.4 is 10.6 Å². The van der Waals surface area contributed by atoms with Gasteiger partial charge in [-0.05, 0) is 59.0 Å². The third-order valence-corrected chi connectivity index (χ3v) is 3.07.